The monoisotopic (exact) mass is 414 g/mol. The van der Waals surface area contributed by atoms with Crippen LogP contribution in [0.5, 0.6) is 0 Å². The molecule has 2 heterocycles. The van der Waals surface area contributed by atoms with E-state index in [1.165, 1.54) is 6.07 Å². The number of aryl methyl sites for hydroxylation is 1. The molecule has 0 aliphatic carbocycles. The first kappa shape index (κ1) is 19.5. The first-order valence-electron chi connectivity index (χ1n) is 10.7. The minimum Gasteiger partial charge on any atom is -0.438 e. The van der Waals surface area contributed by atoms with Crippen LogP contribution in [-0.2, 0) is 11.2 Å². The number of hydrogen-bond acceptors (Lipinski definition) is 3. The lowest BCUT2D eigenvalue weighted by atomic mass is 10.0. The van der Waals surface area contributed by atoms with Crippen molar-refractivity contribution in [2.24, 2.45) is 0 Å². The van der Waals surface area contributed by atoms with Crippen LogP contribution in [0.25, 0.3) is 22.2 Å². The predicted octanol–water partition coefficient (Wildman–Crippen LogP) is 5.93. The zero-order chi connectivity index (χ0) is 21.2. The Morgan fingerprint density at radius 3 is 2.71 bits per heavy atom. The van der Waals surface area contributed by atoms with Crippen molar-refractivity contribution in [1.29, 1.82) is 0 Å². The van der Waals surface area contributed by atoms with E-state index in [1.807, 2.05) is 59.5 Å². The Morgan fingerprint density at radius 1 is 1.06 bits per heavy atom. The summed E-state index contributed by atoms with van der Waals surface area (Å²) in [6.07, 6.45) is 2.96. The van der Waals surface area contributed by atoms with Crippen molar-refractivity contribution in [3.05, 3.63) is 90.1 Å². The van der Waals surface area contributed by atoms with Crippen LogP contribution in [0.3, 0.4) is 0 Å². The lowest BCUT2D eigenvalue weighted by Crippen LogP contribution is -2.30. The number of nitrogens with zero attached hydrogens (tertiary/aromatic N) is 2. The van der Waals surface area contributed by atoms with E-state index in [9.17, 15) is 9.18 Å². The standard InChI is InChI=1S/C26H23FN2O2/c27-21-10-5-4-9-20(21)19-13-14-24-22(17-19)28-26(31-24)23-11-6-16-29(23)25(30)15-12-18-7-2-1-3-8-18/h1-5,7-10,13-14,17,23H,6,11-12,15-16H2. The first-order chi connectivity index (χ1) is 15.2. The highest BCUT2D eigenvalue weighted by atomic mass is 19.1. The second kappa shape index (κ2) is 8.34. The van der Waals surface area contributed by atoms with Gasteiger partial charge in [-0.3, -0.25) is 4.79 Å². The molecule has 0 bridgehead atoms. The lowest BCUT2D eigenvalue weighted by molar-refractivity contribution is -0.132. The van der Waals surface area contributed by atoms with Crippen LogP contribution >= 0.6 is 0 Å². The molecular weight excluding hydrogens is 391 g/mol. The summed E-state index contributed by atoms with van der Waals surface area (Å²) in [4.78, 5) is 19.5. The third-order valence-electron chi connectivity index (χ3n) is 5.92. The molecule has 4 aromatic rings. The van der Waals surface area contributed by atoms with Gasteiger partial charge in [-0.2, -0.15) is 0 Å². The molecule has 5 heteroatoms. The van der Waals surface area contributed by atoms with Gasteiger partial charge in [0.1, 0.15) is 17.4 Å². The Hall–Kier alpha value is -3.47. The number of carbonyl (C=O) groups excluding carboxylic acids is 1. The first-order valence-corrected chi connectivity index (χ1v) is 10.7. The van der Waals surface area contributed by atoms with Crippen molar-refractivity contribution in [2.45, 2.75) is 31.7 Å². The molecular formula is C26H23FN2O2. The molecule has 1 fully saturated rings. The van der Waals surface area contributed by atoms with E-state index >= 15 is 0 Å². The molecule has 1 aromatic heterocycles. The minimum absolute atomic E-state index is 0.126. The van der Waals surface area contributed by atoms with Crippen molar-refractivity contribution in [1.82, 2.24) is 9.88 Å². The molecule has 1 unspecified atom stereocenters. The summed E-state index contributed by atoms with van der Waals surface area (Å²) in [6, 6.07) is 22.1. The summed E-state index contributed by atoms with van der Waals surface area (Å²) in [6.45, 7) is 0.720. The van der Waals surface area contributed by atoms with Crippen LogP contribution in [0.2, 0.25) is 0 Å². The highest BCUT2D eigenvalue weighted by Gasteiger charge is 2.33. The van der Waals surface area contributed by atoms with E-state index in [0.29, 0.717) is 29.0 Å². The number of amides is 1. The minimum atomic E-state index is -0.267. The van der Waals surface area contributed by atoms with E-state index in [4.69, 9.17) is 4.42 Å². The van der Waals surface area contributed by atoms with Gasteiger partial charge >= 0.3 is 0 Å². The van der Waals surface area contributed by atoms with Gasteiger partial charge in [0.25, 0.3) is 0 Å². The van der Waals surface area contributed by atoms with Crippen LogP contribution in [0.4, 0.5) is 4.39 Å². The molecule has 1 aliphatic rings. The second-order valence-electron chi connectivity index (χ2n) is 7.95. The van der Waals surface area contributed by atoms with E-state index < -0.39 is 0 Å². The predicted molar refractivity (Wildman–Crippen MR) is 118 cm³/mol. The van der Waals surface area contributed by atoms with E-state index in [0.717, 1.165) is 36.9 Å². The van der Waals surface area contributed by atoms with Crippen molar-refractivity contribution in [3.8, 4) is 11.1 Å². The van der Waals surface area contributed by atoms with E-state index in [-0.39, 0.29) is 17.8 Å². The summed E-state index contributed by atoms with van der Waals surface area (Å²) in [7, 11) is 0. The van der Waals surface area contributed by atoms with Gasteiger partial charge in [0.05, 0.1) is 0 Å². The fourth-order valence-electron chi connectivity index (χ4n) is 4.31. The Labute approximate surface area is 180 Å². The van der Waals surface area contributed by atoms with Gasteiger partial charge in [0.15, 0.2) is 5.58 Å². The number of benzene rings is 3. The van der Waals surface area contributed by atoms with Gasteiger partial charge in [-0.25, -0.2) is 9.37 Å². The zero-order valence-electron chi connectivity index (χ0n) is 17.1. The number of rotatable bonds is 5. The van der Waals surface area contributed by atoms with Crippen molar-refractivity contribution in [2.75, 3.05) is 6.54 Å². The summed E-state index contributed by atoms with van der Waals surface area (Å²) < 4.78 is 20.2. The topological polar surface area (TPSA) is 46.3 Å². The van der Waals surface area contributed by atoms with Crippen LogP contribution < -0.4 is 0 Å². The maximum Gasteiger partial charge on any atom is 0.223 e. The van der Waals surface area contributed by atoms with Crippen LogP contribution in [0.15, 0.2) is 77.2 Å². The average molecular weight is 414 g/mol. The fraction of sp³-hybridized carbons (Fsp3) is 0.231. The summed E-state index contributed by atoms with van der Waals surface area (Å²) >= 11 is 0. The molecule has 1 saturated heterocycles. The Balaban J connectivity index is 1.36. The van der Waals surface area contributed by atoms with Gasteiger partial charge in [0, 0.05) is 18.5 Å². The van der Waals surface area contributed by atoms with Gasteiger partial charge < -0.3 is 9.32 Å². The van der Waals surface area contributed by atoms with Crippen molar-refractivity contribution < 1.29 is 13.6 Å². The molecule has 156 valence electrons. The fourth-order valence-corrected chi connectivity index (χ4v) is 4.31. The summed E-state index contributed by atoms with van der Waals surface area (Å²) in [5, 5.41) is 0. The molecule has 0 spiro atoms. The van der Waals surface area contributed by atoms with Gasteiger partial charge in [-0.1, -0.05) is 54.6 Å². The Kier molecular flexibility index (Phi) is 5.24. The maximum absolute atomic E-state index is 14.2. The molecule has 1 aliphatic heterocycles. The molecule has 1 amide bonds. The largest absolute Gasteiger partial charge is 0.438 e. The van der Waals surface area contributed by atoms with Crippen molar-refractivity contribution >= 4 is 17.0 Å². The highest BCUT2D eigenvalue weighted by Crippen LogP contribution is 2.35. The number of hydrogen-bond donors (Lipinski definition) is 0. The molecule has 0 saturated carbocycles. The molecule has 1 atom stereocenters. The second-order valence-corrected chi connectivity index (χ2v) is 7.95. The normalized spacial score (nSPS) is 16.2. The molecule has 3 aromatic carbocycles. The molecule has 0 radical (unpaired) electrons. The summed E-state index contributed by atoms with van der Waals surface area (Å²) in [5.74, 6) is 0.420. The van der Waals surface area contributed by atoms with Crippen LogP contribution in [0.1, 0.15) is 36.8 Å². The summed E-state index contributed by atoms with van der Waals surface area (Å²) in [5.41, 5.74) is 3.78. The molecule has 5 rings (SSSR count). The maximum atomic E-state index is 14.2. The third kappa shape index (κ3) is 3.96. The van der Waals surface area contributed by atoms with Crippen molar-refractivity contribution in [3.63, 3.8) is 0 Å². The number of fused-ring (bicyclic) bond motifs is 1. The van der Waals surface area contributed by atoms with Gasteiger partial charge in [-0.15, -0.1) is 0 Å². The quantitative estimate of drug-likeness (QED) is 0.407. The molecule has 4 nitrogen and oxygen atoms in total. The SMILES string of the molecule is O=C(CCc1ccccc1)N1CCCC1c1nc2cc(-c3ccccc3F)ccc2o1. The van der Waals surface area contributed by atoms with Gasteiger partial charge in [0.2, 0.25) is 11.8 Å². The Bertz CT molecular complexity index is 1220. The van der Waals surface area contributed by atoms with Gasteiger partial charge in [-0.05, 0) is 48.6 Å². The van der Waals surface area contributed by atoms with Crippen LogP contribution in [0, 0.1) is 5.82 Å². The lowest BCUT2D eigenvalue weighted by Gasteiger charge is -2.22. The highest BCUT2D eigenvalue weighted by molar-refractivity contribution is 5.81. The average Bonchev–Trinajstić information content (AvgIpc) is 3.45. The molecule has 0 N–H and O–H groups in total. The van der Waals surface area contributed by atoms with E-state index in [1.54, 1.807) is 12.1 Å². The zero-order valence-corrected chi connectivity index (χ0v) is 17.1. The number of likely N-dealkylation sites (tertiary alicyclic amines) is 1. The molecule has 31 heavy (non-hydrogen) atoms. The smallest absolute Gasteiger partial charge is 0.223 e. The number of carbonyl (C=O) groups is 1. The number of oxazole rings is 1. The Morgan fingerprint density at radius 2 is 1.87 bits per heavy atom. The number of halogens is 1. The van der Waals surface area contributed by atoms with Crippen LogP contribution in [-0.4, -0.2) is 22.3 Å². The third-order valence-corrected chi connectivity index (χ3v) is 5.92. The van der Waals surface area contributed by atoms with E-state index in [2.05, 4.69) is 4.98 Å². The number of aromatic nitrogens is 1.